The van der Waals surface area contributed by atoms with E-state index in [9.17, 15) is 4.79 Å². The molecule has 8 heteroatoms. The molecule has 0 saturated heterocycles. The van der Waals surface area contributed by atoms with Gasteiger partial charge >= 0.3 is 0 Å². The van der Waals surface area contributed by atoms with Crippen molar-refractivity contribution in [2.24, 2.45) is 0 Å². The zero-order valence-electron chi connectivity index (χ0n) is 16.8. The predicted octanol–water partition coefficient (Wildman–Crippen LogP) is 3.87. The third kappa shape index (κ3) is 5.07. The van der Waals surface area contributed by atoms with Crippen molar-refractivity contribution in [3.05, 3.63) is 65.0 Å². The lowest BCUT2D eigenvalue weighted by Crippen LogP contribution is -2.14. The van der Waals surface area contributed by atoms with Crippen LogP contribution in [0, 0.1) is 6.92 Å². The van der Waals surface area contributed by atoms with Crippen molar-refractivity contribution in [3.63, 3.8) is 0 Å². The number of carbonyl (C=O) groups excluding carboxylic acids is 1. The Morgan fingerprint density at radius 2 is 1.93 bits per heavy atom. The molecule has 0 aliphatic heterocycles. The van der Waals surface area contributed by atoms with Crippen LogP contribution in [0.15, 0.2) is 42.5 Å². The maximum atomic E-state index is 12.3. The molecule has 3 aromatic rings. The first-order valence-electron chi connectivity index (χ1n) is 9.89. The number of aryl methyl sites for hydroxylation is 3. The first kappa shape index (κ1) is 20.2. The van der Waals surface area contributed by atoms with E-state index in [4.69, 9.17) is 5.73 Å². The van der Waals surface area contributed by atoms with E-state index in [1.807, 2.05) is 37.3 Å². The number of nitrogen functional groups attached to an aromatic ring is 1. The van der Waals surface area contributed by atoms with Crippen molar-refractivity contribution >= 4 is 40.9 Å². The third-order valence-electron chi connectivity index (χ3n) is 4.94. The second kappa shape index (κ2) is 9.13. The third-order valence-corrected chi connectivity index (χ3v) is 5.87. The van der Waals surface area contributed by atoms with Gasteiger partial charge in [0.25, 0.3) is 0 Å². The zero-order valence-corrected chi connectivity index (χ0v) is 17.6. The number of nitrogens with two attached hydrogens (primary N) is 1. The lowest BCUT2D eigenvalue weighted by Gasteiger charge is -2.10. The molecule has 0 spiro atoms. The van der Waals surface area contributed by atoms with Crippen LogP contribution in [0.1, 0.15) is 28.9 Å². The van der Waals surface area contributed by atoms with Crippen LogP contribution < -0.4 is 16.4 Å². The number of aromatic nitrogens is 3. The van der Waals surface area contributed by atoms with Gasteiger partial charge in [0, 0.05) is 11.4 Å². The number of amides is 1. The van der Waals surface area contributed by atoms with E-state index in [2.05, 4.69) is 37.7 Å². The van der Waals surface area contributed by atoms with Gasteiger partial charge in [-0.05, 0) is 61.1 Å². The standard InChI is InChI=1S/C22H24N6OS/c1-14-5-2-3-8-18(14)25-22-27-19(26-21(23)28-22)12-30-13-20(29)24-17-10-9-15-6-4-7-16(15)11-17/h2-3,5,8-11H,4,6-7,12-13H2,1H3,(H,24,29)(H3,23,25,26,27,28). The molecule has 1 aliphatic carbocycles. The molecule has 0 saturated carbocycles. The van der Waals surface area contributed by atoms with Gasteiger partial charge in [-0.15, -0.1) is 11.8 Å². The molecule has 1 aliphatic rings. The molecule has 4 rings (SSSR count). The van der Waals surface area contributed by atoms with E-state index in [0.29, 0.717) is 23.3 Å². The Balaban J connectivity index is 1.32. The molecule has 0 fully saturated rings. The lowest BCUT2D eigenvalue weighted by atomic mass is 10.1. The average Bonchev–Trinajstić information content (AvgIpc) is 3.17. The SMILES string of the molecule is Cc1ccccc1Nc1nc(N)nc(CSCC(=O)Nc2ccc3c(c2)CCC3)n1. The van der Waals surface area contributed by atoms with Crippen LogP contribution in [0.3, 0.4) is 0 Å². The topological polar surface area (TPSA) is 106 Å². The summed E-state index contributed by atoms with van der Waals surface area (Å²) in [5.41, 5.74) is 11.4. The molecule has 0 unspecified atom stereocenters. The second-order valence-electron chi connectivity index (χ2n) is 7.25. The van der Waals surface area contributed by atoms with E-state index in [1.54, 1.807) is 0 Å². The van der Waals surface area contributed by atoms with E-state index in [0.717, 1.165) is 29.8 Å². The van der Waals surface area contributed by atoms with Crippen LogP contribution in [-0.4, -0.2) is 26.6 Å². The molecule has 0 radical (unpaired) electrons. The fourth-order valence-corrected chi connectivity index (χ4v) is 4.14. The summed E-state index contributed by atoms with van der Waals surface area (Å²) in [5, 5.41) is 6.14. The Kier molecular flexibility index (Phi) is 6.13. The molecular formula is C22H24N6OS. The smallest absolute Gasteiger partial charge is 0.234 e. The maximum Gasteiger partial charge on any atom is 0.234 e. The summed E-state index contributed by atoms with van der Waals surface area (Å²) in [7, 11) is 0. The molecule has 0 atom stereocenters. The van der Waals surface area contributed by atoms with Crippen LogP contribution in [-0.2, 0) is 23.4 Å². The van der Waals surface area contributed by atoms with Crippen molar-refractivity contribution in [1.82, 2.24) is 15.0 Å². The van der Waals surface area contributed by atoms with Gasteiger partial charge in [0.15, 0.2) is 0 Å². The van der Waals surface area contributed by atoms with Crippen molar-refractivity contribution in [2.75, 3.05) is 22.1 Å². The molecule has 154 valence electrons. The fraction of sp³-hybridized carbons (Fsp3) is 0.273. The summed E-state index contributed by atoms with van der Waals surface area (Å²) in [6, 6.07) is 14.0. The number of nitrogens with zero attached hydrogens (tertiary/aromatic N) is 3. The Bertz CT molecular complexity index is 1070. The van der Waals surface area contributed by atoms with Gasteiger partial charge in [-0.25, -0.2) is 0 Å². The highest BCUT2D eigenvalue weighted by Crippen LogP contribution is 2.25. The van der Waals surface area contributed by atoms with Gasteiger partial charge in [-0.3, -0.25) is 4.79 Å². The van der Waals surface area contributed by atoms with Gasteiger partial charge < -0.3 is 16.4 Å². The number of hydrogen-bond donors (Lipinski definition) is 3. The number of thioether (sulfide) groups is 1. The number of anilines is 4. The Morgan fingerprint density at radius 3 is 2.80 bits per heavy atom. The summed E-state index contributed by atoms with van der Waals surface area (Å²) < 4.78 is 0. The van der Waals surface area contributed by atoms with Gasteiger partial charge in [-0.2, -0.15) is 15.0 Å². The monoisotopic (exact) mass is 420 g/mol. The minimum atomic E-state index is -0.0433. The Labute approximate surface area is 179 Å². The first-order chi connectivity index (χ1) is 14.6. The fourth-order valence-electron chi connectivity index (χ4n) is 3.47. The quantitative estimate of drug-likeness (QED) is 0.533. The molecule has 0 bridgehead atoms. The average molecular weight is 421 g/mol. The number of carbonyl (C=O) groups is 1. The predicted molar refractivity (Wildman–Crippen MR) is 122 cm³/mol. The van der Waals surface area contributed by atoms with Crippen LogP contribution in [0.5, 0.6) is 0 Å². The van der Waals surface area contributed by atoms with E-state index in [1.165, 1.54) is 29.3 Å². The highest BCUT2D eigenvalue weighted by atomic mass is 32.2. The van der Waals surface area contributed by atoms with Crippen molar-refractivity contribution in [2.45, 2.75) is 31.9 Å². The molecule has 4 N–H and O–H groups in total. The molecule has 1 amide bonds. The molecule has 2 aromatic carbocycles. The normalized spacial score (nSPS) is 12.4. The molecule has 1 heterocycles. The van der Waals surface area contributed by atoms with Crippen molar-refractivity contribution in [3.8, 4) is 0 Å². The van der Waals surface area contributed by atoms with Crippen LogP contribution in [0.4, 0.5) is 23.3 Å². The van der Waals surface area contributed by atoms with Gasteiger partial charge in [0.1, 0.15) is 5.82 Å². The maximum absolute atomic E-state index is 12.3. The zero-order chi connectivity index (χ0) is 20.9. The summed E-state index contributed by atoms with van der Waals surface area (Å²) in [5.74, 6) is 1.82. The lowest BCUT2D eigenvalue weighted by molar-refractivity contribution is -0.113. The van der Waals surface area contributed by atoms with Crippen LogP contribution in [0.2, 0.25) is 0 Å². The number of para-hydroxylation sites is 1. The van der Waals surface area contributed by atoms with Crippen LogP contribution >= 0.6 is 11.8 Å². The summed E-state index contributed by atoms with van der Waals surface area (Å²) in [6.45, 7) is 2.00. The molecule has 1 aromatic heterocycles. The van der Waals surface area contributed by atoms with E-state index in [-0.39, 0.29) is 11.9 Å². The summed E-state index contributed by atoms with van der Waals surface area (Å²) in [6.07, 6.45) is 3.42. The molecule has 30 heavy (non-hydrogen) atoms. The van der Waals surface area contributed by atoms with Gasteiger partial charge in [-0.1, -0.05) is 24.3 Å². The largest absolute Gasteiger partial charge is 0.368 e. The number of benzene rings is 2. The second-order valence-corrected chi connectivity index (χ2v) is 8.24. The summed E-state index contributed by atoms with van der Waals surface area (Å²) in [4.78, 5) is 25.1. The molecular weight excluding hydrogens is 396 g/mol. The minimum absolute atomic E-state index is 0.0433. The number of nitrogens with one attached hydrogen (secondary N) is 2. The highest BCUT2D eigenvalue weighted by molar-refractivity contribution is 7.99. The number of rotatable bonds is 7. The van der Waals surface area contributed by atoms with Gasteiger partial charge in [0.05, 0.1) is 11.5 Å². The van der Waals surface area contributed by atoms with E-state index >= 15 is 0 Å². The highest BCUT2D eigenvalue weighted by Gasteiger charge is 2.12. The Hall–Kier alpha value is -3.13. The van der Waals surface area contributed by atoms with E-state index < -0.39 is 0 Å². The number of fused-ring (bicyclic) bond motifs is 1. The van der Waals surface area contributed by atoms with Crippen molar-refractivity contribution < 1.29 is 4.79 Å². The minimum Gasteiger partial charge on any atom is -0.368 e. The summed E-state index contributed by atoms with van der Waals surface area (Å²) >= 11 is 1.44. The number of hydrogen-bond acceptors (Lipinski definition) is 7. The first-order valence-corrected chi connectivity index (χ1v) is 11.0. The molecule has 7 nitrogen and oxygen atoms in total. The van der Waals surface area contributed by atoms with Gasteiger partial charge in [0.2, 0.25) is 17.8 Å². The van der Waals surface area contributed by atoms with Crippen LogP contribution in [0.25, 0.3) is 0 Å². The van der Waals surface area contributed by atoms with Crippen molar-refractivity contribution in [1.29, 1.82) is 0 Å². The Morgan fingerprint density at radius 1 is 1.10 bits per heavy atom.